The van der Waals surface area contributed by atoms with Gasteiger partial charge in [-0.3, -0.25) is 0 Å². The molecule has 0 aromatic carbocycles. The van der Waals surface area contributed by atoms with Gasteiger partial charge in [-0.15, -0.1) is 0 Å². The molecule has 3 heteroatoms. The molecule has 0 saturated heterocycles. The fourth-order valence-corrected chi connectivity index (χ4v) is 12.2. The zero-order valence-electron chi connectivity index (χ0n) is 10.1. The van der Waals surface area contributed by atoms with E-state index in [0.29, 0.717) is 5.92 Å². The number of hydrogen-bond acceptors (Lipinski definition) is 1. The minimum absolute atomic E-state index is 0.695. The number of rotatable bonds is 4. The van der Waals surface area contributed by atoms with Gasteiger partial charge in [0.2, 0.25) is 0 Å². The molecule has 1 rings (SSSR count). The van der Waals surface area contributed by atoms with Crippen molar-refractivity contribution in [1.82, 2.24) is 4.65 Å². The van der Waals surface area contributed by atoms with Crippen LogP contribution in [0.4, 0.5) is 0 Å². The Labute approximate surface area is 90.5 Å². The summed E-state index contributed by atoms with van der Waals surface area (Å²) < 4.78 is 3.93. The topological polar surface area (TPSA) is 12.0 Å². The normalized spacial score (nSPS) is 18.1. The minimum atomic E-state index is -1.19. The molecule has 0 aliphatic heterocycles. The van der Waals surface area contributed by atoms with Gasteiger partial charge in [0.05, 0.1) is 0 Å². The molecule has 0 aromatic heterocycles. The number of hydrogen-bond donors (Lipinski definition) is 1. The van der Waals surface area contributed by atoms with Crippen LogP contribution >= 0.6 is 0 Å². The van der Waals surface area contributed by atoms with E-state index in [1.807, 2.05) is 0 Å². The highest BCUT2D eigenvalue weighted by molar-refractivity contribution is 6.90. The van der Waals surface area contributed by atoms with Crippen LogP contribution in [0.15, 0.2) is 24.3 Å². The maximum atomic E-state index is 3.93. The van der Waals surface area contributed by atoms with E-state index < -0.39 is 16.5 Å². The van der Waals surface area contributed by atoms with Crippen LogP contribution < -0.4 is 4.65 Å². The Morgan fingerprint density at radius 3 is 1.93 bits per heavy atom. The van der Waals surface area contributed by atoms with Crippen LogP contribution in [0.1, 0.15) is 0 Å². The fourth-order valence-electron chi connectivity index (χ4n) is 2.27. The third-order valence-electron chi connectivity index (χ3n) is 2.29. The summed E-state index contributed by atoms with van der Waals surface area (Å²) in [5.74, 6) is 0.695. The van der Waals surface area contributed by atoms with Crippen LogP contribution in [-0.4, -0.2) is 16.5 Å². The van der Waals surface area contributed by atoms with Crippen molar-refractivity contribution in [3.05, 3.63) is 24.3 Å². The first-order chi connectivity index (χ1) is 6.29. The maximum absolute atomic E-state index is 3.93. The Morgan fingerprint density at radius 2 is 1.50 bits per heavy atom. The molecule has 0 saturated carbocycles. The van der Waals surface area contributed by atoms with E-state index >= 15 is 0 Å². The Bertz CT molecular complexity index is 237. The lowest BCUT2D eigenvalue weighted by molar-refractivity contribution is 0.912. The summed E-state index contributed by atoms with van der Waals surface area (Å²) in [6.07, 6.45) is 8.98. The van der Waals surface area contributed by atoms with E-state index in [9.17, 15) is 0 Å². The third-order valence-corrected chi connectivity index (χ3v) is 9.49. The summed E-state index contributed by atoms with van der Waals surface area (Å²) in [5.41, 5.74) is 0. The van der Waals surface area contributed by atoms with Gasteiger partial charge in [0.25, 0.3) is 0 Å². The van der Waals surface area contributed by atoms with Gasteiger partial charge in [-0.1, -0.05) is 57.0 Å². The zero-order chi connectivity index (χ0) is 10.8. The van der Waals surface area contributed by atoms with Crippen molar-refractivity contribution >= 4 is 16.5 Å². The number of nitrogens with one attached hydrogen (secondary N) is 1. The highest BCUT2D eigenvalue weighted by Crippen LogP contribution is 2.21. The second-order valence-corrected chi connectivity index (χ2v) is 15.6. The quantitative estimate of drug-likeness (QED) is 0.724. The second-order valence-electron chi connectivity index (χ2n) is 5.90. The molecule has 0 amide bonds. The SMILES string of the molecule is C[Si](C)(C)N[Si](C)(C)CC1C=CC=C1. The molecule has 0 aromatic rings. The molecular weight excluding hydrogens is 202 g/mol. The largest absolute Gasteiger partial charge is 0.360 e. The van der Waals surface area contributed by atoms with E-state index in [1.165, 1.54) is 6.04 Å². The lowest BCUT2D eigenvalue weighted by atomic mass is 10.2. The van der Waals surface area contributed by atoms with Crippen LogP contribution in [0.25, 0.3) is 0 Å². The van der Waals surface area contributed by atoms with Gasteiger partial charge < -0.3 is 4.65 Å². The average Bonchev–Trinajstić information content (AvgIpc) is 2.31. The van der Waals surface area contributed by atoms with Crippen LogP contribution in [0, 0.1) is 5.92 Å². The molecule has 1 aliphatic rings. The van der Waals surface area contributed by atoms with E-state index in [0.717, 1.165) is 0 Å². The molecule has 1 nitrogen and oxygen atoms in total. The minimum Gasteiger partial charge on any atom is -0.360 e. The van der Waals surface area contributed by atoms with Crippen LogP contribution in [0.2, 0.25) is 38.8 Å². The number of allylic oxidation sites excluding steroid dienone is 4. The van der Waals surface area contributed by atoms with Crippen molar-refractivity contribution < 1.29 is 0 Å². The molecular formula is C11H23NSi2. The monoisotopic (exact) mass is 225 g/mol. The third kappa shape index (κ3) is 4.39. The summed E-state index contributed by atoms with van der Waals surface area (Å²) in [7, 11) is -2.30. The highest BCUT2D eigenvalue weighted by atomic mass is 28.4. The smallest absolute Gasteiger partial charge is 0.113 e. The van der Waals surface area contributed by atoms with Gasteiger partial charge in [-0.2, -0.15) is 0 Å². The highest BCUT2D eigenvalue weighted by Gasteiger charge is 2.29. The molecule has 1 aliphatic carbocycles. The van der Waals surface area contributed by atoms with Gasteiger partial charge >= 0.3 is 0 Å². The predicted octanol–water partition coefficient (Wildman–Crippen LogP) is 3.36. The summed E-state index contributed by atoms with van der Waals surface area (Å²) >= 11 is 0. The first-order valence-electron chi connectivity index (χ1n) is 5.43. The summed E-state index contributed by atoms with van der Waals surface area (Å²) in [5, 5.41) is 0. The van der Waals surface area contributed by atoms with Gasteiger partial charge in [0.1, 0.15) is 16.5 Å². The molecule has 0 unspecified atom stereocenters. The van der Waals surface area contributed by atoms with Crippen molar-refractivity contribution in [2.45, 2.75) is 38.8 Å². The van der Waals surface area contributed by atoms with Crippen LogP contribution in [0.3, 0.4) is 0 Å². The van der Waals surface area contributed by atoms with Crippen LogP contribution in [0.5, 0.6) is 0 Å². The van der Waals surface area contributed by atoms with E-state index in [4.69, 9.17) is 0 Å². The Kier molecular flexibility index (Phi) is 3.55. The maximum Gasteiger partial charge on any atom is 0.113 e. The van der Waals surface area contributed by atoms with E-state index in [1.54, 1.807) is 0 Å². The molecule has 0 spiro atoms. The molecule has 14 heavy (non-hydrogen) atoms. The first-order valence-corrected chi connectivity index (χ1v) is 12.1. The van der Waals surface area contributed by atoms with Gasteiger partial charge in [-0.25, -0.2) is 0 Å². The molecule has 1 N–H and O–H groups in total. The second kappa shape index (κ2) is 4.17. The predicted molar refractivity (Wildman–Crippen MR) is 70.5 cm³/mol. The van der Waals surface area contributed by atoms with Gasteiger partial charge in [-0.05, 0) is 12.0 Å². The van der Waals surface area contributed by atoms with Crippen molar-refractivity contribution in [2.75, 3.05) is 0 Å². The lowest BCUT2D eigenvalue weighted by Gasteiger charge is -2.33. The molecule has 0 fully saturated rings. The van der Waals surface area contributed by atoms with E-state index in [2.05, 4.69) is 61.7 Å². The van der Waals surface area contributed by atoms with Crippen molar-refractivity contribution in [1.29, 1.82) is 0 Å². The fraction of sp³-hybridized carbons (Fsp3) is 0.636. The molecule has 0 radical (unpaired) electrons. The van der Waals surface area contributed by atoms with Crippen molar-refractivity contribution in [3.63, 3.8) is 0 Å². The lowest BCUT2D eigenvalue weighted by Crippen LogP contribution is -2.57. The molecule has 0 atom stereocenters. The van der Waals surface area contributed by atoms with Gasteiger partial charge in [0.15, 0.2) is 0 Å². The van der Waals surface area contributed by atoms with Crippen molar-refractivity contribution in [2.24, 2.45) is 5.92 Å². The zero-order valence-corrected chi connectivity index (χ0v) is 12.1. The Morgan fingerprint density at radius 1 is 1.00 bits per heavy atom. The summed E-state index contributed by atoms with van der Waals surface area (Å²) in [6.45, 7) is 12.1. The Hall–Kier alpha value is -0.126. The van der Waals surface area contributed by atoms with Crippen LogP contribution in [-0.2, 0) is 0 Å². The van der Waals surface area contributed by atoms with Gasteiger partial charge in [0, 0.05) is 0 Å². The molecule has 0 bridgehead atoms. The van der Waals surface area contributed by atoms with Crippen molar-refractivity contribution in [3.8, 4) is 0 Å². The molecule has 0 heterocycles. The molecule has 80 valence electrons. The first kappa shape index (κ1) is 11.9. The summed E-state index contributed by atoms with van der Waals surface area (Å²) in [6, 6.07) is 1.34. The van der Waals surface area contributed by atoms with E-state index in [-0.39, 0.29) is 0 Å². The summed E-state index contributed by atoms with van der Waals surface area (Å²) in [4.78, 5) is 0. The Balaban J connectivity index is 2.48. The standard InChI is InChI=1S/C11H23NSi2/c1-13(2,3)12-14(4,5)10-11-8-6-7-9-11/h6-9,11-12H,10H2,1-5H3. The average molecular weight is 225 g/mol.